The molecule has 2 heterocycles. The molecule has 0 radical (unpaired) electrons. The fourth-order valence-electron chi connectivity index (χ4n) is 3.74. The molecule has 0 saturated heterocycles. The van der Waals surface area contributed by atoms with Crippen molar-refractivity contribution in [2.24, 2.45) is 0 Å². The molecule has 1 unspecified atom stereocenters. The Morgan fingerprint density at radius 3 is 2.62 bits per heavy atom. The van der Waals surface area contributed by atoms with Crippen molar-refractivity contribution in [2.45, 2.75) is 25.6 Å². The Hall–Kier alpha value is -1.81. The summed E-state index contributed by atoms with van der Waals surface area (Å²) in [5.41, 5.74) is 3.31. The molecule has 5 heteroatoms. The number of hydrogen-bond donors (Lipinski definition) is 0. The maximum absolute atomic E-state index is 13.5. The van der Waals surface area contributed by atoms with Gasteiger partial charge in [-0.15, -0.1) is 0 Å². The zero-order chi connectivity index (χ0) is 18.1. The molecule has 2 aromatic carbocycles. The highest BCUT2D eigenvalue weighted by Gasteiger charge is 2.28. The number of rotatable bonds is 3. The van der Waals surface area contributed by atoms with E-state index < -0.39 is 0 Å². The molecule has 1 atom stereocenters. The molecule has 2 nitrogen and oxygen atoms in total. The predicted octanol–water partition coefficient (Wildman–Crippen LogP) is 5.93. The first kappa shape index (κ1) is 17.6. The first-order valence-electron chi connectivity index (χ1n) is 8.71. The Labute approximate surface area is 162 Å². The normalized spacial score (nSPS) is 17.7. The van der Waals surface area contributed by atoms with Crippen LogP contribution in [0.4, 0.5) is 4.39 Å². The van der Waals surface area contributed by atoms with Crippen LogP contribution in [0.5, 0.6) is 0 Å². The Kier molecular flexibility index (Phi) is 5.03. The molecule has 1 aromatic heterocycles. The van der Waals surface area contributed by atoms with Crippen LogP contribution in [0.1, 0.15) is 29.3 Å². The van der Waals surface area contributed by atoms with Gasteiger partial charge in [-0.3, -0.25) is 4.90 Å². The molecule has 0 N–H and O–H groups in total. The van der Waals surface area contributed by atoms with Gasteiger partial charge in [0.15, 0.2) is 0 Å². The van der Waals surface area contributed by atoms with Crippen LogP contribution in [0.2, 0.25) is 10.0 Å². The van der Waals surface area contributed by atoms with E-state index in [2.05, 4.69) is 33.9 Å². The average Bonchev–Trinajstić information content (AvgIpc) is 3.01. The van der Waals surface area contributed by atoms with Crippen molar-refractivity contribution in [3.8, 4) is 0 Å². The molecule has 4 rings (SSSR count). The smallest absolute Gasteiger partial charge is 0.141 e. The third kappa shape index (κ3) is 3.39. The summed E-state index contributed by atoms with van der Waals surface area (Å²) in [6.45, 7) is 2.58. The van der Waals surface area contributed by atoms with E-state index in [4.69, 9.17) is 23.2 Å². The van der Waals surface area contributed by atoms with E-state index in [1.165, 1.54) is 11.8 Å². The van der Waals surface area contributed by atoms with E-state index >= 15 is 0 Å². The molecule has 0 aliphatic carbocycles. The highest BCUT2D eigenvalue weighted by molar-refractivity contribution is 6.31. The molecule has 0 bridgehead atoms. The van der Waals surface area contributed by atoms with Gasteiger partial charge in [0.2, 0.25) is 0 Å². The minimum atomic E-state index is -0.386. The number of hydrogen-bond acceptors (Lipinski definition) is 1. The van der Waals surface area contributed by atoms with Crippen LogP contribution in [0.15, 0.2) is 60.8 Å². The molecule has 1 aliphatic heterocycles. The Balaban J connectivity index is 1.76. The summed E-state index contributed by atoms with van der Waals surface area (Å²) in [4.78, 5) is 2.39. The van der Waals surface area contributed by atoms with Gasteiger partial charge in [0.05, 0.1) is 11.1 Å². The van der Waals surface area contributed by atoms with Gasteiger partial charge in [-0.25, -0.2) is 4.39 Å². The van der Waals surface area contributed by atoms with Crippen LogP contribution >= 0.6 is 23.2 Å². The molecular weight excluding hydrogens is 370 g/mol. The lowest BCUT2D eigenvalue weighted by atomic mass is 10.0. The van der Waals surface area contributed by atoms with Gasteiger partial charge >= 0.3 is 0 Å². The summed E-state index contributed by atoms with van der Waals surface area (Å²) in [6, 6.07) is 17.2. The van der Waals surface area contributed by atoms with Gasteiger partial charge in [0.1, 0.15) is 5.82 Å². The van der Waals surface area contributed by atoms with Crippen LogP contribution in [0, 0.1) is 5.82 Å². The number of fused-ring (bicyclic) bond motifs is 1. The monoisotopic (exact) mass is 388 g/mol. The van der Waals surface area contributed by atoms with Gasteiger partial charge in [-0.2, -0.15) is 0 Å². The summed E-state index contributed by atoms with van der Waals surface area (Å²) < 4.78 is 15.8. The number of aromatic nitrogens is 1. The van der Waals surface area contributed by atoms with E-state index in [1.807, 2.05) is 18.2 Å². The van der Waals surface area contributed by atoms with Crippen LogP contribution in [0.3, 0.4) is 0 Å². The van der Waals surface area contributed by atoms with Gasteiger partial charge in [-0.05, 0) is 47.9 Å². The van der Waals surface area contributed by atoms with Crippen LogP contribution in [-0.4, -0.2) is 16.0 Å². The summed E-state index contributed by atoms with van der Waals surface area (Å²) in [5, 5.41) is 0.921. The maximum atomic E-state index is 13.5. The summed E-state index contributed by atoms with van der Waals surface area (Å²) in [5.74, 6) is -0.386. The lowest BCUT2D eigenvalue weighted by molar-refractivity contribution is 0.220. The van der Waals surface area contributed by atoms with E-state index in [9.17, 15) is 4.39 Å². The highest BCUT2D eigenvalue weighted by Crippen LogP contribution is 2.36. The fourth-order valence-corrected chi connectivity index (χ4v) is 4.18. The average molecular weight is 389 g/mol. The lowest BCUT2D eigenvalue weighted by Crippen LogP contribution is -2.29. The van der Waals surface area contributed by atoms with E-state index in [-0.39, 0.29) is 16.9 Å². The van der Waals surface area contributed by atoms with E-state index in [0.29, 0.717) is 6.54 Å². The molecule has 0 saturated carbocycles. The van der Waals surface area contributed by atoms with Gasteiger partial charge in [0.25, 0.3) is 0 Å². The van der Waals surface area contributed by atoms with Crippen molar-refractivity contribution in [1.82, 2.24) is 9.47 Å². The number of benzene rings is 2. The van der Waals surface area contributed by atoms with Crippen molar-refractivity contribution in [3.05, 3.63) is 93.5 Å². The zero-order valence-electron chi connectivity index (χ0n) is 14.2. The maximum Gasteiger partial charge on any atom is 0.141 e. The van der Waals surface area contributed by atoms with Crippen LogP contribution in [0.25, 0.3) is 0 Å². The summed E-state index contributed by atoms with van der Waals surface area (Å²) in [7, 11) is 0. The standard InChI is InChI=1S/C21H19Cl2FN2/c22-17-6-2-1-5-16(17)21-20-7-3-10-25(20)11-4-12-26(21)14-15-8-9-19(24)18(23)13-15/h1-3,5-10,13,21H,4,11-12,14H2. The van der Waals surface area contributed by atoms with Crippen molar-refractivity contribution in [3.63, 3.8) is 0 Å². The minimum Gasteiger partial charge on any atom is -0.350 e. The predicted molar refractivity (Wildman–Crippen MR) is 104 cm³/mol. The first-order chi connectivity index (χ1) is 12.6. The van der Waals surface area contributed by atoms with Crippen molar-refractivity contribution in [2.75, 3.05) is 6.54 Å². The van der Waals surface area contributed by atoms with Crippen LogP contribution < -0.4 is 0 Å². The SMILES string of the molecule is Fc1ccc(CN2CCCn3cccc3C2c2ccccc2Cl)cc1Cl. The largest absolute Gasteiger partial charge is 0.350 e. The summed E-state index contributed by atoms with van der Waals surface area (Å²) in [6.07, 6.45) is 3.16. The third-order valence-electron chi connectivity index (χ3n) is 4.92. The van der Waals surface area contributed by atoms with E-state index in [1.54, 1.807) is 12.1 Å². The van der Waals surface area contributed by atoms with Crippen molar-refractivity contribution >= 4 is 23.2 Å². The molecule has 26 heavy (non-hydrogen) atoms. The molecule has 1 aliphatic rings. The zero-order valence-corrected chi connectivity index (χ0v) is 15.7. The molecule has 0 spiro atoms. The number of aryl methyl sites for hydroxylation is 1. The van der Waals surface area contributed by atoms with E-state index in [0.717, 1.165) is 35.7 Å². The minimum absolute atomic E-state index is 0.0463. The van der Waals surface area contributed by atoms with Gasteiger partial charge < -0.3 is 4.57 Å². The highest BCUT2D eigenvalue weighted by atomic mass is 35.5. The number of halogens is 3. The second-order valence-electron chi connectivity index (χ2n) is 6.62. The van der Waals surface area contributed by atoms with Crippen molar-refractivity contribution in [1.29, 1.82) is 0 Å². The Morgan fingerprint density at radius 2 is 1.81 bits per heavy atom. The molecule has 134 valence electrons. The van der Waals surface area contributed by atoms with Gasteiger partial charge in [-0.1, -0.05) is 47.5 Å². The third-order valence-corrected chi connectivity index (χ3v) is 5.56. The van der Waals surface area contributed by atoms with Crippen molar-refractivity contribution < 1.29 is 4.39 Å². The number of nitrogens with zero attached hydrogens (tertiary/aromatic N) is 2. The topological polar surface area (TPSA) is 8.17 Å². The second-order valence-corrected chi connectivity index (χ2v) is 7.44. The molecule has 0 fully saturated rings. The fraction of sp³-hybridized carbons (Fsp3) is 0.238. The molecule has 3 aromatic rings. The quantitative estimate of drug-likeness (QED) is 0.539. The van der Waals surface area contributed by atoms with Crippen LogP contribution in [-0.2, 0) is 13.1 Å². The molecule has 0 amide bonds. The first-order valence-corrected chi connectivity index (χ1v) is 9.46. The summed E-state index contributed by atoms with van der Waals surface area (Å²) >= 11 is 12.5. The Bertz CT molecular complexity index is 922. The molecular formula is C21H19Cl2FN2. The van der Waals surface area contributed by atoms with Gasteiger partial charge in [0, 0.05) is 36.5 Å². The second kappa shape index (κ2) is 7.43. The Morgan fingerprint density at radius 1 is 0.962 bits per heavy atom. The lowest BCUT2D eigenvalue weighted by Gasteiger charge is -2.31.